The van der Waals surface area contributed by atoms with E-state index in [-0.39, 0.29) is 12.5 Å². The zero-order valence-electron chi connectivity index (χ0n) is 13.5. The average Bonchev–Trinajstić information content (AvgIpc) is 2.43. The summed E-state index contributed by atoms with van der Waals surface area (Å²) in [5.41, 5.74) is 0.353. The zero-order chi connectivity index (χ0) is 16.6. The van der Waals surface area contributed by atoms with Crippen molar-refractivity contribution in [1.82, 2.24) is 10.6 Å². The number of alkyl carbamates (subject to hydrolysis) is 1. The van der Waals surface area contributed by atoms with Gasteiger partial charge in [-0.2, -0.15) is 0 Å². The number of amides is 2. The molecule has 2 N–H and O–H groups in total. The molecule has 0 aromatic heterocycles. The van der Waals surface area contributed by atoms with Gasteiger partial charge in [0.15, 0.2) is 0 Å². The molecule has 0 spiro atoms. The molecule has 2 amide bonds. The molecule has 1 rings (SSSR count). The molecule has 0 fully saturated rings. The smallest absolute Gasteiger partial charge is 0.408 e. The minimum Gasteiger partial charge on any atom is -0.444 e. The van der Waals surface area contributed by atoms with E-state index >= 15 is 0 Å². The molecule has 122 valence electrons. The van der Waals surface area contributed by atoms with Gasteiger partial charge in [0.05, 0.1) is 6.61 Å². The second-order valence-corrected chi connectivity index (χ2v) is 5.86. The number of ether oxygens (including phenoxy) is 2. The summed E-state index contributed by atoms with van der Waals surface area (Å²) in [6.45, 7) is 5.73. The Kier molecular flexibility index (Phi) is 6.85. The molecule has 0 heterocycles. The van der Waals surface area contributed by atoms with Gasteiger partial charge in [0.2, 0.25) is 5.91 Å². The van der Waals surface area contributed by atoms with Crippen LogP contribution in [0.25, 0.3) is 0 Å². The number of hydrogen-bond donors (Lipinski definition) is 2. The summed E-state index contributed by atoms with van der Waals surface area (Å²) in [6, 6.07) is 8.71. The van der Waals surface area contributed by atoms with E-state index in [1.54, 1.807) is 20.8 Å². The maximum Gasteiger partial charge on any atom is 0.408 e. The number of carbonyl (C=O) groups is 2. The monoisotopic (exact) mass is 308 g/mol. The van der Waals surface area contributed by atoms with Gasteiger partial charge in [0.25, 0.3) is 0 Å². The van der Waals surface area contributed by atoms with Crippen LogP contribution in [0.3, 0.4) is 0 Å². The Bertz CT molecular complexity index is 483. The minimum absolute atomic E-state index is 0.0693. The first-order valence-corrected chi connectivity index (χ1v) is 7.12. The first-order chi connectivity index (χ1) is 10.3. The molecule has 0 saturated heterocycles. The Morgan fingerprint density at radius 3 is 2.36 bits per heavy atom. The number of methoxy groups -OCH3 is 1. The van der Waals surface area contributed by atoms with Crippen molar-refractivity contribution in [3.05, 3.63) is 35.9 Å². The molecule has 22 heavy (non-hydrogen) atoms. The molecule has 1 atom stereocenters. The summed E-state index contributed by atoms with van der Waals surface area (Å²) in [7, 11) is 1.47. The van der Waals surface area contributed by atoms with Crippen molar-refractivity contribution >= 4 is 12.0 Å². The van der Waals surface area contributed by atoms with Crippen molar-refractivity contribution in [2.45, 2.75) is 39.0 Å². The van der Waals surface area contributed by atoms with Crippen LogP contribution in [0.15, 0.2) is 30.3 Å². The Balaban J connectivity index is 2.54. The third-order valence-corrected chi connectivity index (χ3v) is 2.65. The van der Waals surface area contributed by atoms with E-state index in [2.05, 4.69) is 10.6 Å². The van der Waals surface area contributed by atoms with Gasteiger partial charge in [0, 0.05) is 13.7 Å². The van der Waals surface area contributed by atoms with Gasteiger partial charge in [-0.3, -0.25) is 4.79 Å². The van der Waals surface area contributed by atoms with E-state index in [9.17, 15) is 9.59 Å². The number of nitrogens with one attached hydrogen (secondary N) is 2. The predicted molar refractivity (Wildman–Crippen MR) is 83.3 cm³/mol. The third-order valence-electron chi connectivity index (χ3n) is 2.65. The summed E-state index contributed by atoms with van der Waals surface area (Å²) in [6.07, 6.45) is -0.649. The highest BCUT2D eigenvalue weighted by molar-refractivity contribution is 5.85. The lowest BCUT2D eigenvalue weighted by Crippen LogP contribution is -2.50. The van der Waals surface area contributed by atoms with Crippen LogP contribution in [0.4, 0.5) is 4.79 Å². The van der Waals surface area contributed by atoms with E-state index in [0.29, 0.717) is 6.54 Å². The number of hydrogen-bond acceptors (Lipinski definition) is 4. The first kappa shape index (κ1) is 18.0. The van der Waals surface area contributed by atoms with Crippen molar-refractivity contribution in [1.29, 1.82) is 0 Å². The quantitative estimate of drug-likeness (QED) is 0.841. The summed E-state index contributed by atoms with van der Waals surface area (Å²) in [4.78, 5) is 23.9. The second kappa shape index (κ2) is 8.38. The van der Waals surface area contributed by atoms with E-state index < -0.39 is 17.7 Å². The summed E-state index contributed by atoms with van der Waals surface area (Å²) < 4.78 is 10.1. The highest BCUT2D eigenvalue weighted by Crippen LogP contribution is 2.07. The maximum absolute atomic E-state index is 12.1. The lowest BCUT2D eigenvalue weighted by atomic mass is 10.2. The minimum atomic E-state index is -0.802. The van der Waals surface area contributed by atoms with Crippen molar-refractivity contribution in [3.63, 3.8) is 0 Å². The fourth-order valence-electron chi connectivity index (χ4n) is 1.71. The average molecular weight is 308 g/mol. The van der Waals surface area contributed by atoms with Gasteiger partial charge < -0.3 is 20.1 Å². The Hall–Kier alpha value is -2.08. The van der Waals surface area contributed by atoms with Crippen LogP contribution in [0.5, 0.6) is 0 Å². The molecule has 0 aliphatic carbocycles. The summed E-state index contributed by atoms with van der Waals surface area (Å²) >= 11 is 0. The van der Waals surface area contributed by atoms with Crippen LogP contribution >= 0.6 is 0 Å². The lowest BCUT2D eigenvalue weighted by molar-refractivity contribution is -0.124. The highest BCUT2D eigenvalue weighted by Gasteiger charge is 2.24. The molecule has 0 aliphatic rings. The molecule has 0 aliphatic heterocycles. The van der Waals surface area contributed by atoms with Crippen LogP contribution in [0, 0.1) is 0 Å². The van der Waals surface area contributed by atoms with Gasteiger partial charge in [-0.05, 0) is 26.3 Å². The van der Waals surface area contributed by atoms with Crippen molar-refractivity contribution in [2.75, 3.05) is 13.7 Å². The molecule has 6 heteroatoms. The van der Waals surface area contributed by atoms with E-state index in [1.807, 2.05) is 30.3 Å². The zero-order valence-corrected chi connectivity index (χ0v) is 13.5. The normalized spacial score (nSPS) is 12.4. The van der Waals surface area contributed by atoms with E-state index in [0.717, 1.165) is 5.56 Å². The van der Waals surface area contributed by atoms with Crippen LogP contribution < -0.4 is 10.6 Å². The molecule has 6 nitrogen and oxygen atoms in total. The molecule has 0 bridgehead atoms. The second-order valence-electron chi connectivity index (χ2n) is 5.86. The van der Waals surface area contributed by atoms with Gasteiger partial charge >= 0.3 is 6.09 Å². The largest absolute Gasteiger partial charge is 0.444 e. The van der Waals surface area contributed by atoms with Crippen LogP contribution in [-0.2, 0) is 20.8 Å². The van der Waals surface area contributed by atoms with Gasteiger partial charge in [-0.1, -0.05) is 30.3 Å². The van der Waals surface area contributed by atoms with E-state index in [4.69, 9.17) is 9.47 Å². The molecule has 1 unspecified atom stereocenters. The Morgan fingerprint density at radius 1 is 1.18 bits per heavy atom. The van der Waals surface area contributed by atoms with Gasteiger partial charge in [-0.15, -0.1) is 0 Å². The molecular formula is C16H24N2O4. The summed E-state index contributed by atoms with van der Waals surface area (Å²) in [5, 5.41) is 5.28. The van der Waals surface area contributed by atoms with E-state index in [1.165, 1.54) is 7.11 Å². The van der Waals surface area contributed by atoms with Crippen molar-refractivity contribution in [2.24, 2.45) is 0 Å². The SMILES string of the molecule is COCC(NC(=O)OC(C)(C)C)C(=O)NCc1ccccc1. The van der Waals surface area contributed by atoms with Crippen LogP contribution in [-0.4, -0.2) is 37.4 Å². The highest BCUT2D eigenvalue weighted by atomic mass is 16.6. The summed E-state index contributed by atoms with van der Waals surface area (Å²) in [5.74, 6) is -0.323. The number of rotatable bonds is 6. The molecular weight excluding hydrogens is 284 g/mol. The number of benzene rings is 1. The molecule has 0 radical (unpaired) electrons. The topological polar surface area (TPSA) is 76.7 Å². The fraction of sp³-hybridized carbons (Fsp3) is 0.500. The number of carbonyl (C=O) groups excluding carboxylic acids is 2. The molecule has 1 aromatic carbocycles. The van der Waals surface area contributed by atoms with Crippen molar-refractivity contribution < 1.29 is 19.1 Å². The van der Waals surface area contributed by atoms with Crippen LogP contribution in [0.2, 0.25) is 0 Å². The van der Waals surface area contributed by atoms with Gasteiger partial charge in [-0.25, -0.2) is 4.79 Å². The molecule has 0 saturated carbocycles. The van der Waals surface area contributed by atoms with Crippen molar-refractivity contribution in [3.8, 4) is 0 Å². The Labute approximate surface area is 131 Å². The lowest BCUT2D eigenvalue weighted by Gasteiger charge is -2.23. The Morgan fingerprint density at radius 2 is 1.82 bits per heavy atom. The maximum atomic E-state index is 12.1. The predicted octanol–water partition coefficient (Wildman–Crippen LogP) is 1.84. The molecule has 1 aromatic rings. The first-order valence-electron chi connectivity index (χ1n) is 7.12. The van der Waals surface area contributed by atoms with Gasteiger partial charge in [0.1, 0.15) is 11.6 Å². The third kappa shape index (κ3) is 7.08. The van der Waals surface area contributed by atoms with Crippen LogP contribution in [0.1, 0.15) is 26.3 Å². The fourth-order valence-corrected chi connectivity index (χ4v) is 1.71. The standard InChI is InChI=1S/C16H24N2O4/c1-16(2,3)22-15(20)18-13(11-21-4)14(19)17-10-12-8-6-5-7-9-12/h5-9,13H,10-11H2,1-4H3,(H,17,19)(H,18,20).